The average Bonchev–Trinajstić information content (AvgIpc) is 3.07. The molecule has 0 bridgehead atoms. The van der Waals surface area contributed by atoms with Crippen molar-refractivity contribution in [2.75, 3.05) is 0 Å². The molecular formula is C17H11ClN4O2. The first-order chi connectivity index (χ1) is 11.7. The van der Waals surface area contributed by atoms with Crippen molar-refractivity contribution in [3.63, 3.8) is 0 Å². The minimum absolute atomic E-state index is 0.183. The maximum atomic E-state index is 12.1. The van der Waals surface area contributed by atoms with Gasteiger partial charge in [-0.3, -0.25) is 9.36 Å². The summed E-state index contributed by atoms with van der Waals surface area (Å²) in [4.78, 5) is 16.3. The molecule has 24 heavy (non-hydrogen) atoms. The van der Waals surface area contributed by atoms with Gasteiger partial charge in [0.05, 0.1) is 17.2 Å². The van der Waals surface area contributed by atoms with Crippen molar-refractivity contribution in [2.45, 2.75) is 6.54 Å². The number of nitrogens with zero attached hydrogens (tertiary/aromatic N) is 4. The molecule has 0 amide bonds. The van der Waals surface area contributed by atoms with Crippen molar-refractivity contribution in [1.82, 2.24) is 19.7 Å². The van der Waals surface area contributed by atoms with Gasteiger partial charge in [0.15, 0.2) is 0 Å². The SMILES string of the molecule is O=c1cnc2ccccc2n1Cc1nnc(-c2ccc(Cl)cc2)o1. The van der Waals surface area contributed by atoms with Gasteiger partial charge in [-0.2, -0.15) is 0 Å². The zero-order valence-electron chi connectivity index (χ0n) is 12.4. The van der Waals surface area contributed by atoms with Crippen LogP contribution in [0.1, 0.15) is 5.89 Å². The number of halogens is 1. The summed E-state index contributed by atoms with van der Waals surface area (Å²) in [5.41, 5.74) is 2.00. The van der Waals surface area contributed by atoms with Crippen LogP contribution in [0, 0.1) is 0 Å². The zero-order chi connectivity index (χ0) is 16.5. The summed E-state index contributed by atoms with van der Waals surface area (Å²) in [7, 11) is 0. The third-order valence-electron chi connectivity index (χ3n) is 3.60. The minimum atomic E-state index is -0.222. The van der Waals surface area contributed by atoms with E-state index in [1.807, 2.05) is 24.3 Å². The highest BCUT2D eigenvalue weighted by molar-refractivity contribution is 6.30. The average molecular weight is 339 g/mol. The molecule has 4 rings (SSSR count). The van der Waals surface area contributed by atoms with Crippen LogP contribution in [0.2, 0.25) is 5.02 Å². The molecular weight excluding hydrogens is 328 g/mol. The number of hydrogen-bond acceptors (Lipinski definition) is 5. The van der Waals surface area contributed by atoms with E-state index < -0.39 is 0 Å². The molecule has 0 aliphatic heterocycles. The Hall–Kier alpha value is -2.99. The fraction of sp³-hybridized carbons (Fsp3) is 0.0588. The van der Waals surface area contributed by atoms with Gasteiger partial charge in [0, 0.05) is 10.6 Å². The predicted octanol–water partition coefficient (Wildman–Crippen LogP) is 3.15. The maximum absolute atomic E-state index is 12.1. The van der Waals surface area contributed by atoms with E-state index in [0.717, 1.165) is 16.6 Å². The monoisotopic (exact) mass is 338 g/mol. The normalized spacial score (nSPS) is 11.0. The van der Waals surface area contributed by atoms with Crippen LogP contribution in [0.15, 0.2) is 63.9 Å². The standard InChI is InChI=1S/C17H11ClN4O2/c18-12-7-5-11(6-8-12)17-21-20-15(24-17)10-22-14-4-2-1-3-13(14)19-9-16(22)23/h1-9H,10H2. The molecule has 118 valence electrons. The number of aromatic nitrogens is 4. The quantitative estimate of drug-likeness (QED) is 0.573. The number of para-hydroxylation sites is 2. The second-order valence-electron chi connectivity index (χ2n) is 5.18. The lowest BCUT2D eigenvalue weighted by atomic mass is 10.2. The fourth-order valence-electron chi connectivity index (χ4n) is 2.44. The van der Waals surface area contributed by atoms with E-state index in [1.165, 1.54) is 6.20 Å². The number of hydrogen-bond donors (Lipinski definition) is 0. The summed E-state index contributed by atoms with van der Waals surface area (Å²) in [5.74, 6) is 0.728. The van der Waals surface area contributed by atoms with Gasteiger partial charge >= 0.3 is 0 Å². The van der Waals surface area contributed by atoms with Gasteiger partial charge in [-0.1, -0.05) is 23.7 Å². The molecule has 0 radical (unpaired) electrons. The molecule has 0 N–H and O–H groups in total. The maximum Gasteiger partial charge on any atom is 0.269 e. The summed E-state index contributed by atoms with van der Waals surface area (Å²) in [6, 6.07) is 14.5. The van der Waals surface area contributed by atoms with Crippen LogP contribution in [-0.2, 0) is 6.54 Å². The summed E-state index contributed by atoms with van der Waals surface area (Å²) < 4.78 is 7.23. The first-order valence-corrected chi connectivity index (χ1v) is 7.61. The van der Waals surface area contributed by atoms with Crippen LogP contribution < -0.4 is 5.56 Å². The van der Waals surface area contributed by atoms with E-state index in [4.69, 9.17) is 16.0 Å². The van der Waals surface area contributed by atoms with Crippen molar-refractivity contribution >= 4 is 22.6 Å². The molecule has 0 aliphatic carbocycles. The molecule has 0 unspecified atom stereocenters. The van der Waals surface area contributed by atoms with E-state index in [9.17, 15) is 4.79 Å². The van der Waals surface area contributed by atoms with E-state index in [-0.39, 0.29) is 12.1 Å². The van der Waals surface area contributed by atoms with E-state index in [1.54, 1.807) is 28.8 Å². The lowest BCUT2D eigenvalue weighted by Crippen LogP contribution is -2.21. The third-order valence-corrected chi connectivity index (χ3v) is 3.86. The number of rotatable bonds is 3. The minimum Gasteiger partial charge on any atom is -0.419 e. The molecule has 2 heterocycles. The first kappa shape index (κ1) is 14.6. The largest absolute Gasteiger partial charge is 0.419 e. The van der Waals surface area contributed by atoms with Crippen LogP contribution in [0.5, 0.6) is 0 Å². The molecule has 0 atom stereocenters. The van der Waals surface area contributed by atoms with Crippen molar-refractivity contribution < 1.29 is 4.42 Å². The molecule has 0 saturated carbocycles. The molecule has 6 nitrogen and oxygen atoms in total. The van der Waals surface area contributed by atoms with Gasteiger partial charge < -0.3 is 4.42 Å². The topological polar surface area (TPSA) is 73.8 Å². The fourth-order valence-corrected chi connectivity index (χ4v) is 2.57. The summed E-state index contributed by atoms with van der Waals surface area (Å²) in [6.45, 7) is 0.183. The van der Waals surface area contributed by atoms with Crippen LogP contribution in [0.25, 0.3) is 22.5 Å². The van der Waals surface area contributed by atoms with Gasteiger partial charge in [0.1, 0.15) is 6.54 Å². The molecule has 2 aromatic heterocycles. The summed E-state index contributed by atoms with van der Waals surface area (Å²) in [5, 5.41) is 8.69. The smallest absolute Gasteiger partial charge is 0.269 e. The van der Waals surface area contributed by atoms with Gasteiger partial charge in [0.25, 0.3) is 5.56 Å². The second kappa shape index (κ2) is 5.90. The lowest BCUT2D eigenvalue weighted by molar-refractivity contribution is 0.488. The molecule has 0 aliphatic rings. The van der Waals surface area contributed by atoms with Gasteiger partial charge in [-0.15, -0.1) is 10.2 Å². The molecule has 0 spiro atoms. The highest BCUT2D eigenvalue weighted by Gasteiger charge is 2.11. The number of benzene rings is 2. The second-order valence-corrected chi connectivity index (χ2v) is 5.62. The van der Waals surface area contributed by atoms with Crippen molar-refractivity contribution in [3.05, 3.63) is 76.0 Å². The van der Waals surface area contributed by atoms with Gasteiger partial charge in [-0.25, -0.2) is 4.98 Å². The Morgan fingerprint density at radius 2 is 1.83 bits per heavy atom. The number of fused-ring (bicyclic) bond motifs is 1. The molecule has 7 heteroatoms. The van der Waals surface area contributed by atoms with Crippen molar-refractivity contribution in [2.24, 2.45) is 0 Å². The Balaban J connectivity index is 1.71. The van der Waals surface area contributed by atoms with Gasteiger partial charge in [0.2, 0.25) is 11.8 Å². The van der Waals surface area contributed by atoms with Gasteiger partial charge in [-0.05, 0) is 36.4 Å². The van der Waals surface area contributed by atoms with E-state index in [0.29, 0.717) is 16.8 Å². The molecule has 2 aromatic carbocycles. The van der Waals surface area contributed by atoms with Crippen molar-refractivity contribution in [3.8, 4) is 11.5 Å². The van der Waals surface area contributed by atoms with E-state index in [2.05, 4.69) is 15.2 Å². The van der Waals surface area contributed by atoms with Crippen LogP contribution >= 0.6 is 11.6 Å². The Kier molecular flexibility index (Phi) is 3.59. The van der Waals surface area contributed by atoms with E-state index >= 15 is 0 Å². The first-order valence-electron chi connectivity index (χ1n) is 7.23. The zero-order valence-corrected chi connectivity index (χ0v) is 13.1. The Bertz CT molecular complexity index is 1070. The van der Waals surface area contributed by atoms with Crippen molar-refractivity contribution in [1.29, 1.82) is 0 Å². The highest BCUT2D eigenvalue weighted by Crippen LogP contribution is 2.20. The highest BCUT2D eigenvalue weighted by atomic mass is 35.5. The molecule has 0 fully saturated rings. The Labute approximate surface area is 141 Å². The van der Waals surface area contributed by atoms with Crippen LogP contribution in [0.4, 0.5) is 0 Å². The Morgan fingerprint density at radius 1 is 1.04 bits per heavy atom. The third kappa shape index (κ3) is 2.68. The molecule has 4 aromatic rings. The van der Waals surface area contributed by atoms with Crippen LogP contribution in [0.3, 0.4) is 0 Å². The lowest BCUT2D eigenvalue weighted by Gasteiger charge is -2.06. The summed E-state index contributed by atoms with van der Waals surface area (Å²) >= 11 is 5.87. The molecule has 0 saturated heterocycles. The summed E-state index contributed by atoms with van der Waals surface area (Å²) in [6.07, 6.45) is 1.29. The predicted molar refractivity (Wildman–Crippen MR) is 89.8 cm³/mol. The Morgan fingerprint density at radius 3 is 2.67 bits per heavy atom. The van der Waals surface area contributed by atoms with Crippen LogP contribution in [-0.4, -0.2) is 19.7 Å².